The van der Waals surface area contributed by atoms with Crippen LogP contribution < -0.4 is 0 Å². The van der Waals surface area contributed by atoms with Gasteiger partial charge in [-0.2, -0.15) is 0 Å². The molecule has 0 amide bonds. The van der Waals surface area contributed by atoms with Crippen LogP contribution in [0.3, 0.4) is 0 Å². The number of hydrogen-bond acceptors (Lipinski definition) is 4. The van der Waals surface area contributed by atoms with Gasteiger partial charge in [0.1, 0.15) is 0 Å². The molecule has 0 saturated carbocycles. The van der Waals surface area contributed by atoms with E-state index in [1.54, 1.807) is 0 Å². The summed E-state index contributed by atoms with van der Waals surface area (Å²) in [5.74, 6) is 0. The molecule has 4 nitrogen and oxygen atoms in total. The molecule has 0 aromatic carbocycles. The van der Waals surface area contributed by atoms with Crippen molar-refractivity contribution in [2.75, 3.05) is 0 Å². The molecule has 0 atom stereocenters. The van der Waals surface area contributed by atoms with Gasteiger partial charge in [-0.25, -0.2) is 0 Å². The Balaban J connectivity index is 0. The molecule has 4 radical (unpaired) electrons. The molecule has 6 heteroatoms. The first-order chi connectivity index (χ1) is 9.35. The molecule has 0 bridgehead atoms. The molecule has 0 unspecified atom stereocenters. The third-order valence-electron chi connectivity index (χ3n) is 1.47. The molecule has 22 heavy (non-hydrogen) atoms. The van der Waals surface area contributed by atoms with Gasteiger partial charge in [0.05, 0.1) is 0 Å². The van der Waals surface area contributed by atoms with Gasteiger partial charge in [0, 0.05) is 0 Å². The van der Waals surface area contributed by atoms with Crippen LogP contribution in [-0.4, -0.2) is 66.3 Å². The molecule has 0 aliphatic carbocycles. The van der Waals surface area contributed by atoms with Gasteiger partial charge in [0.25, 0.3) is 0 Å². The SMILES string of the molecule is CC(C)(C)[O][Sn].CC(C)(C)[O][Sn]([O]C(C)(C)C)[O]C(C)(C)C. The van der Waals surface area contributed by atoms with E-state index in [1.807, 2.05) is 83.1 Å². The van der Waals surface area contributed by atoms with E-state index in [-0.39, 0.29) is 22.4 Å². The summed E-state index contributed by atoms with van der Waals surface area (Å²) in [7, 11) is 0. The summed E-state index contributed by atoms with van der Waals surface area (Å²) in [5.41, 5.74) is -0.528. The van der Waals surface area contributed by atoms with Gasteiger partial charge in [0.2, 0.25) is 0 Å². The van der Waals surface area contributed by atoms with Crippen LogP contribution in [0.2, 0.25) is 0 Å². The average Bonchev–Trinajstić information content (AvgIpc) is 2.08. The van der Waals surface area contributed by atoms with Crippen LogP contribution in [0.1, 0.15) is 83.1 Å². The predicted octanol–water partition coefficient (Wildman–Crippen LogP) is 4.30. The number of hydrogen-bond donors (Lipinski definition) is 0. The topological polar surface area (TPSA) is 36.9 Å². The molecule has 0 saturated heterocycles. The van der Waals surface area contributed by atoms with Gasteiger partial charge in [-0.3, -0.25) is 0 Å². The molecule has 132 valence electrons. The maximum atomic E-state index is 5.94. The second-order valence-electron chi connectivity index (χ2n) is 9.11. The fourth-order valence-corrected chi connectivity index (χ4v) is 5.45. The van der Waals surface area contributed by atoms with E-state index in [0.717, 1.165) is 22.9 Å². The van der Waals surface area contributed by atoms with E-state index in [9.17, 15) is 0 Å². The molecule has 0 fully saturated rings. The first-order valence-corrected chi connectivity index (χ1v) is 12.3. The predicted molar refractivity (Wildman–Crippen MR) is 94.9 cm³/mol. The molecule has 0 spiro atoms. The van der Waals surface area contributed by atoms with E-state index in [4.69, 9.17) is 12.3 Å². The van der Waals surface area contributed by atoms with Crippen molar-refractivity contribution in [3.8, 4) is 0 Å². The quantitative estimate of drug-likeness (QED) is 0.511. The first kappa shape index (κ1) is 25.7. The Kier molecular flexibility index (Phi) is 11.4. The van der Waals surface area contributed by atoms with Crippen molar-refractivity contribution in [3.05, 3.63) is 0 Å². The van der Waals surface area contributed by atoms with E-state index in [1.165, 1.54) is 0 Å². The van der Waals surface area contributed by atoms with Crippen molar-refractivity contribution in [1.82, 2.24) is 0 Å². The fourth-order valence-electron chi connectivity index (χ4n) is 0.812. The summed E-state index contributed by atoms with van der Waals surface area (Å²) in [6, 6.07) is 0. The molecule has 0 aromatic heterocycles. The zero-order valence-corrected chi connectivity index (χ0v) is 22.3. The number of rotatable bonds is 3. The van der Waals surface area contributed by atoms with Crippen molar-refractivity contribution in [2.24, 2.45) is 0 Å². The normalized spacial score (nSPS) is 13.9. The molecule has 0 N–H and O–H groups in total. The van der Waals surface area contributed by atoms with E-state index >= 15 is 0 Å². The van der Waals surface area contributed by atoms with Crippen LogP contribution in [0.4, 0.5) is 0 Å². The first-order valence-electron chi connectivity index (χ1n) is 7.63. The van der Waals surface area contributed by atoms with E-state index in [2.05, 4.69) is 0 Å². The molecule has 0 aliphatic heterocycles. The van der Waals surface area contributed by atoms with Gasteiger partial charge < -0.3 is 0 Å². The molecular formula is C16H36O4Sn2. The molecule has 0 aliphatic rings. The molecule has 0 aromatic rings. The van der Waals surface area contributed by atoms with Crippen molar-refractivity contribution < 1.29 is 12.3 Å². The van der Waals surface area contributed by atoms with Crippen LogP contribution in [-0.2, 0) is 12.3 Å². The van der Waals surface area contributed by atoms with Crippen molar-refractivity contribution in [1.29, 1.82) is 0 Å². The van der Waals surface area contributed by atoms with Crippen molar-refractivity contribution in [2.45, 2.75) is 105 Å². The Morgan fingerprint density at radius 3 is 0.773 bits per heavy atom. The van der Waals surface area contributed by atoms with Crippen molar-refractivity contribution in [3.63, 3.8) is 0 Å². The second kappa shape index (κ2) is 9.80. The minimum atomic E-state index is -2.72. The molecule has 0 rings (SSSR count). The van der Waals surface area contributed by atoms with Crippen LogP contribution in [0.5, 0.6) is 0 Å². The van der Waals surface area contributed by atoms with Crippen LogP contribution in [0.15, 0.2) is 0 Å². The molecular weight excluding hydrogens is 494 g/mol. The van der Waals surface area contributed by atoms with Gasteiger partial charge >= 0.3 is 162 Å². The van der Waals surface area contributed by atoms with Crippen LogP contribution in [0.25, 0.3) is 0 Å². The van der Waals surface area contributed by atoms with Gasteiger partial charge in [-0.05, 0) is 0 Å². The summed E-state index contributed by atoms with van der Waals surface area (Å²) >= 11 is -1.57. The third kappa shape index (κ3) is 23.7. The standard InChI is InChI=1S/4C4H9O.2Sn/c4*1-4(2,3)5;;/h4*1-3H3;;/q4*-1;+1;+3. The minimum absolute atomic E-state index is 0.0817. The van der Waals surface area contributed by atoms with Gasteiger partial charge in [-0.1, -0.05) is 0 Å². The Hall–Kier alpha value is 1.44. The third-order valence-corrected chi connectivity index (χ3v) is 9.89. The van der Waals surface area contributed by atoms with Crippen molar-refractivity contribution >= 4 is 43.9 Å². The molecule has 0 heterocycles. The average molecular weight is 530 g/mol. The Morgan fingerprint density at radius 2 is 0.682 bits per heavy atom. The Morgan fingerprint density at radius 1 is 0.500 bits per heavy atom. The van der Waals surface area contributed by atoms with E-state index < -0.39 is 21.0 Å². The van der Waals surface area contributed by atoms with Crippen LogP contribution in [0, 0.1) is 0 Å². The summed E-state index contributed by atoms with van der Waals surface area (Å²) in [6.07, 6.45) is 0. The van der Waals surface area contributed by atoms with Gasteiger partial charge in [-0.15, -0.1) is 0 Å². The summed E-state index contributed by atoms with van der Waals surface area (Å²) in [6.45, 7) is 24.4. The second-order valence-corrected chi connectivity index (χ2v) is 12.9. The summed E-state index contributed by atoms with van der Waals surface area (Å²) in [4.78, 5) is 0. The maximum absolute atomic E-state index is 5.94. The van der Waals surface area contributed by atoms with Gasteiger partial charge in [0.15, 0.2) is 0 Å². The zero-order valence-electron chi connectivity index (χ0n) is 16.6. The monoisotopic (exact) mass is 532 g/mol. The Labute approximate surface area is 161 Å². The Bertz CT molecular complexity index is 255. The summed E-state index contributed by atoms with van der Waals surface area (Å²) in [5, 5.41) is 0. The summed E-state index contributed by atoms with van der Waals surface area (Å²) < 4.78 is 22.9. The van der Waals surface area contributed by atoms with E-state index in [0.29, 0.717) is 0 Å². The fraction of sp³-hybridized carbons (Fsp3) is 1.00. The zero-order chi connectivity index (χ0) is 18.4. The van der Waals surface area contributed by atoms with Crippen LogP contribution >= 0.6 is 0 Å².